The first-order valence-corrected chi connectivity index (χ1v) is 6.29. The first-order valence-electron chi connectivity index (χ1n) is 6.29. The van der Waals surface area contributed by atoms with Crippen LogP contribution in [-0.2, 0) is 4.79 Å². The molecule has 0 aromatic carbocycles. The fraction of sp³-hybridized carbons (Fsp3) is 0.833. The lowest BCUT2D eigenvalue weighted by atomic mass is 10.1. The standard InChI is InChI=1S/C12H20N2O3/c1-14(9-4-2-3-5-9)11(17)13-8-12(6-7-12)10(15)16/h9H,2-8H2,1H3,(H,13,17)(H,15,16). The Hall–Kier alpha value is -1.26. The van der Waals surface area contributed by atoms with Crippen LogP contribution < -0.4 is 5.32 Å². The topological polar surface area (TPSA) is 69.6 Å². The van der Waals surface area contributed by atoms with Gasteiger partial charge in [-0.05, 0) is 25.7 Å². The molecule has 0 atom stereocenters. The lowest BCUT2D eigenvalue weighted by Gasteiger charge is -2.25. The lowest BCUT2D eigenvalue weighted by molar-refractivity contribution is -0.143. The molecule has 2 saturated carbocycles. The minimum atomic E-state index is -0.790. The molecule has 2 amide bonds. The maximum Gasteiger partial charge on any atom is 0.317 e. The summed E-state index contributed by atoms with van der Waals surface area (Å²) in [4.78, 5) is 24.5. The summed E-state index contributed by atoms with van der Waals surface area (Å²) >= 11 is 0. The normalized spacial score (nSPS) is 22.2. The van der Waals surface area contributed by atoms with Gasteiger partial charge in [0.1, 0.15) is 0 Å². The van der Waals surface area contributed by atoms with Crippen molar-refractivity contribution in [2.24, 2.45) is 5.41 Å². The molecular weight excluding hydrogens is 220 g/mol. The van der Waals surface area contributed by atoms with E-state index in [1.54, 1.807) is 11.9 Å². The minimum Gasteiger partial charge on any atom is -0.481 e. The first kappa shape index (κ1) is 12.2. The second-order valence-electron chi connectivity index (χ2n) is 5.29. The van der Waals surface area contributed by atoms with E-state index in [0.717, 1.165) is 12.8 Å². The average molecular weight is 240 g/mol. The molecule has 0 heterocycles. The number of carboxylic acids is 1. The number of hydrogen-bond acceptors (Lipinski definition) is 2. The van der Waals surface area contributed by atoms with Crippen molar-refractivity contribution in [2.45, 2.75) is 44.6 Å². The Labute approximate surface area is 101 Å². The van der Waals surface area contributed by atoms with Crippen molar-refractivity contribution >= 4 is 12.0 Å². The number of nitrogens with zero attached hydrogens (tertiary/aromatic N) is 1. The third-order valence-electron chi connectivity index (χ3n) is 4.08. The van der Waals surface area contributed by atoms with Crippen LogP contribution in [0.15, 0.2) is 0 Å². The second-order valence-corrected chi connectivity index (χ2v) is 5.29. The van der Waals surface area contributed by atoms with Gasteiger partial charge in [-0.1, -0.05) is 12.8 Å². The van der Waals surface area contributed by atoms with E-state index >= 15 is 0 Å². The van der Waals surface area contributed by atoms with Crippen LogP contribution in [-0.4, -0.2) is 41.6 Å². The summed E-state index contributed by atoms with van der Waals surface area (Å²) in [5.74, 6) is -0.790. The van der Waals surface area contributed by atoms with Crippen molar-refractivity contribution in [3.8, 4) is 0 Å². The predicted octanol–water partition coefficient (Wildman–Crippen LogP) is 1.44. The molecule has 0 radical (unpaired) electrons. The molecule has 96 valence electrons. The number of nitrogens with one attached hydrogen (secondary N) is 1. The second kappa shape index (κ2) is 4.55. The zero-order valence-electron chi connectivity index (χ0n) is 10.2. The van der Waals surface area contributed by atoms with Crippen LogP contribution in [0.5, 0.6) is 0 Å². The van der Waals surface area contributed by atoms with Gasteiger partial charge in [-0.25, -0.2) is 4.79 Å². The summed E-state index contributed by atoms with van der Waals surface area (Å²) < 4.78 is 0. The molecule has 5 heteroatoms. The Morgan fingerprint density at radius 1 is 1.35 bits per heavy atom. The molecule has 0 spiro atoms. The molecule has 5 nitrogen and oxygen atoms in total. The molecule has 2 fully saturated rings. The van der Waals surface area contributed by atoms with E-state index in [1.165, 1.54) is 12.8 Å². The molecule has 0 unspecified atom stereocenters. The van der Waals surface area contributed by atoms with Gasteiger partial charge in [0.15, 0.2) is 0 Å². The van der Waals surface area contributed by atoms with Gasteiger partial charge in [-0.2, -0.15) is 0 Å². The summed E-state index contributed by atoms with van der Waals surface area (Å²) in [7, 11) is 1.80. The molecule has 0 saturated heterocycles. The molecule has 2 N–H and O–H groups in total. The summed E-state index contributed by atoms with van der Waals surface area (Å²) in [6, 6.07) is 0.194. The maximum atomic E-state index is 11.8. The van der Waals surface area contributed by atoms with Crippen molar-refractivity contribution in [3.05, 3.63) is 0 Å². The van der Waals surface area contributed by atoms with Crippen molar-refractivity contribution in [1.82, 2.24) is 10.2 Å². The van der Waals surface area contributed by atoms with Crippen LogP contribution in [0.25, 0.3) is 0 Å². The Kier molecular flexibility index (Phi) is 3.26. The Balaban J connectivity index is 1.79. The highest BCUT2D eigenvalue weighted by Crippen LogP contribution is 2.45. The van der Waals surface area contributed by atoms with Crippen LogP contribution in [0.3, 0.4) is 0 Å². The van der Waals surface area contributed by atoms with Gasteiger partial charge in [-0.15, -0.1) is 0 Å². The van der Waals surface area contributed by atoms with Crippen molar-refractivity contribution in [2.75, 3.05) is 13.6 Å². The number of rotatable bonds is 4. The smallest absolute Gasteiger partial charge is 0.317 e. The molecule has 0 aromatic heterocycles. The summed E-state index contributed by atoms with van der Waals surface area (Å²) in [5.41, 5.74) is -0.674. The predicted molar refractivity (Wildman–Crippen MR) is 62.7 cm³/mol. The largest absolute Gasteiger partial charge is 0.481 e. The van der Waals surface area contributed by atoms with Gasteiger partial charge < -0.3 is 15.3 Å². The maximum absolute atomic E-state index is 11.8. The van der Waals surface area contributed by atoms with Crippen molar-refractivity contribution in [3.63, 3.8) is 0 Å². The van der Waals surface area contributed by atoms with E-state index in [-0.39, 0.29) is 12.6 Å². The van der Waals surface area contributed by atoms with Gasteiger partial charge in [0.25, 0.3) is 0 Å². The number of carbonyl (C=O) groups is 2. The van der Waals surface area contributed by atoms with Crippen LogP contribution >= 0.6 is 0 Å². The average Bonchev–Trinajstić information content (AvgIpc) is 2.91. The van der Waals surface area contributed by atoms with Gasteiger partial charge in [0.2, 0.25) is 0 Å². The first-order chi connectivity index (χ1) is 8.05. The van der Waals surface area contributed by atoms with Crippen LogP contribution in [0.2, 0.25) is 0 Å². The fourth-order valence-corrected chi connectivity index (χ4v) is 2.44. The Morgan fingerprint density at radius 3 is 2.41 bits per heavy atom. The molecular formula is C12H20N2O3. The number of carbonyl (C=O) groups excluding carboxylic acids is 1. The molecule has 0 aromatic rings. The van der Waals surface area contributed by atoms with E-state index in [0.29, 0.717) is 18.9 Å². The molecule has 2 rings (SSSR count). The van der Waals surface area contributed by atoms with E-state index in [1.807, 2.05) is 0 Å². The summed E-state index contributed by atoms with van der Waals surface area (Å²) in [6.07, 6.45) is 5.84. The minimum absolute atomic E-state index is 0.135. The Morgan fingerprint density at radius 2 is 1.94 bits per heavy atom. The molecule has 2 aliphatic rings. The third kappa shape index (κ3) is 2.53. The summed E-state index contributed by atoms with van der Waals surface area (Å²) in [5, 5.41) is 11.8. The summed E-state index contributed by atoms with van der Waals surface area (Å²) in [6.45, 7) is 0.262. The van der Waals surface area contributed by atoms with E-state index in [2.05, 4.69) is 5.32 Å². The third-order valence-corrected chi connectivity index (χ3v) is 4.08. The SMILES string of the molecule is CN(C(=O)NCC1(C(=O)O)CC1)C1CCCC1. The van der Waals surface area contributed by atoms with Crippen molar-refractivity contribution < 1.29 is 14.7 Å². The number of urea groups is 1. The van der Waals surface area contributed by atoms with Gasteiger partial charge in [-0.3, -0.25) is 4.79 Å². The molecule has 2 aliphatic carbocycles. The lowest BCUT2D eigenvalue weighted by Crippen LogP contribution is -2.45. The van der Waals surface area contributed by atoms with Gasteiger partial charge in [0, 0.05) is 19.6 Å². The van der Waals surface area contributed by atoms with Gasteiger partial charge >= 0.3 is 12.0 Å². The highest BCUT2D eigenvalue weighted by molar-refractivity contribution is 5.80. The van der Waals surface area contributed by atoms with Crippen LogP contribution in [0, 0.1) is 5.41 Å². The monoisotopic (exact) mass is 240 g/mol. The number of amides is 2. The quantitative estimate of drug-likeness (QED) is 0.781. The van der Waals surface area contributed by atoms with E-state index in [4.69, 9.17) is 5.11 Å². The highest BCUT2D eigenvalue weighted by Gasteiger charge is 2.50. The molecule has 17 heavy (non-hydrogen) atoms. The number of hydrogen-bond donors (Lipinski definition) is 2. The molecule has 0 aliphatic heterocycles. The molecule has 0 bridgehead atoms. The van der Waals surface area contributed by atoms with Crippen LogP contribution in [0.4, 0.5) is 4.79 Å². The van der Waals surface area contributed by atoms with Crippen LogP contribution in [0.1, 0.15) is 38.5 Å². The van der Waals surface area contributed by atoms with E-state index in [9.17, 15) is 9.59 Å². The highest BCUT2D eigenvalue weighted by atomic mass is 16.4. The van der Waals surface area contributed by atoms with Gasteiger partial charge in [0.05, 0.1) is 5.41 Å². The number of carboxylic acid groups (broad SMARTS) is 1. The Bertz CT molecular complexity index is 320. The van der Waals surface area contributed by atoms with E-state index < -0.39 is 11.4 Å². The fourth-order valence-electron chi connectivity index (χ4n) is 2.44. The van der Waals surface area contributed by atoms with Crippen molar-refractivity contribution in [1.29, 1.82) is 0 Å². The zero-order valence-corrected chi connectivity index (χ0v) is 10.2. The number of aliphatic carboxylic acids is 1. The zero-order chi connectivity index (χ0) is 12.5.